The fourth-order valence-electron chi connectivity index (χ4n) is 3.10. The first kappa shape index (κ1) is 11.8. The van der Waals surface area contributed by atoms with Gasteiger partial charge in [-0.05, 0) is 50.4 Å². The highest BCUT2D eigenvalue weighted by molar-refractivity contribution is 5.52. The number of ether oxygens (including phenoxy) is 2. The maximum absolute atomic E-state index is 5.87. The lowest BCUT2D eigenvalue weighted by Crippen LogP contribution is -2.34. The Balaban J connectivity index is 2.04. The van der Waals surface area contributed by atoms with Crippen LogP contribution in [0.5, 0.6) is 11.5 Å². The van der Waals surface area contributed by atoms with Gasteiger partial charge in [0, 0.05) is 12.0 Å². The third kappa shape index (κ3) is 1.87. The molecule has 2 aliphatic heterocycles. The van der Waals surface area contributed by atoms with Crippen LogP contribution in [0, 0.1) is 6.92 Å². The van der Waals surface area contributed by atoms with E-state index in [1.807, 2.05) is 0 Å². The predicted molar refractivity (Wildman–Crippen MR) is 71.4 cm³/mol. The van der Waals surface area contributed by atoms with E-state index in [-0.39, 0.29) is 5.54 Å². The average molecular weight is 247 g/mol. The Morgan fingerprint density at radius 1 is 1.17 bits per heavy atom. The summed E-state index contributed by atoms with van der Waals surface area (Å²) in [5, 5.41) is 3.62. The lowest BCUT2D eigenvalue weighted by molar-refractivity contribution is 0.296. The van der Waals surface area contributed by atoms with E-state index in [4.69, 9.17) is 9.47 Å². The minimum atomic E-state index is 0.0920. The van der Waals surface area contributed by atoms with Crippen LogP contribution in [0.1, 0.15) is 37.3 Å². The van der Waals surface area contributed by atoms with Crippen molar-refractivity contribution in [3.63, 3.8) is 0 Å². The van der Waals surface area contributed by atoms with Crippen molar-refractivity contribution >= 4 is 0 Å². The highest BCUT2D eigenvalue weighted by atomic mass is 16.5. The van der Waals surface area contributed by atoms with Crippen molar-refractivity contribution in [2.75, 3.05) is 19.8 Å². The molecule has 1 atom stereocenters. The zero-order chi connectivity index (χ0) is 12.6. The molecule has 2 heterocycles. The molecule has 0 bridgehead atoms. The minimum absolute atomic E-state index is 0.0920. The topological polar surface area (TPSA) is 30.5 Å². The van der Waals surface area contributed by atoms with Gasteiger partial charge in [-0.1, -0.05) is 6.07 Å². The molecule has 0 amide bonds. The molecule has 1 N–H and O–H groups in total. The summed E-state index contributed by atoms with van der Waals surface area (Å²) < 4.78 is 11.6. The summed E-state index contributed by atoms with van der Waals surface area (Å²) in [5.74, 6) is 1.84. The Labute approximate surface area is 108 Å². The molecule has 1 unspecified atom stereocenters. The maximum atomic E-state index is 5.87. The van der Waals surface area contributed by atoms with Gasteiger partial charge in [0.1, 0.15) is 0 Å². The smallest absolute Gasteiger partial charge is 0.164 e. The molecule has 0 radical (unpaired) electrons. The normalized spacial score (nSPS) is 27.0. The van der Waals surface area contributed by atoms with E-state index >= 15 is 0 Å². The highest BCUT2D eigenvalue weighted by Gasteiger charge is 2.33. The third-order valence-electron chi connectivity index (χ3n) is 4.13. The first-order valence-corrected chi connectivity index (χ1v) is 6.85. The Bertz CT molecular complexity index is 450. The van der Waals surface area contributed by atoms with Crippen molar-refractivity contribution in [2.45, 2.75) is 38.6 Å². The summed E-state index contributed by atoms with van der Waals surface area (Å²) in [5.41, 5.74) is 2.67. The molecule has 2 aliphatic rings. The minimum Gasteiger partial charge on any atom is -0.490 e. The van der Waals surface area contributed by atoms with Gasteiger partial charge in [0.15, 0.2) is 11.5 Å². The number of rotatable bonds is 1. The molecule has 0 aromatic heterocycles. The van der Waals surface area contributed by atoms with Crippen LogP contribution in [-0.4, -0.2) is 19.8 Å². The fourth-order valence-corrected chi connectivity index (χ4v) is 3.10. The second-order valence-electron chi connectivity index (χ2n) is 5.48. The monoisotopic (exact) mass is 247 g/mol. The summed E-state index contributed by atoms with van der Waals surface area (Å²) in [4.78, 5) is 0. The van der Waals surface area contributed by atoms with Gasteiger partial charge < -0.3 is 14.8 Å². The lowest BCUT2D eigenvalue weighted by Gasteiger charge is -2.28. The van der Waals surface area contributed by atoms with E-state index in [2.05, 4.69) is 31.3 Å². The molecule has 0 aliphatic carbocycles. The molecule has 18 heavy (non-hydrogen) atoms. The van der Waals surface area contributed by atoms with Gasteiger partial charge in [-0.3, -0.25) is 0 Å². The summed E-state index contributed by atoms with van der Waals surface area (Å²) in [6.07, 6.45) is 3.39. The van der Waals surface area contributed by atoms with Gasteiger partial charge in [-0.15, -0.1) is 0 Å². The average Bonchev–Trinajstić information content (AvgIpc) is 2.65. The van der Waals surface area contributed by atoms with Crippen LogP contribution < -0.4 is 14.8 Å². The summed E-state index contributed by atoms with van der Waals surface area (Å²) >= 11 is 0. The van der Waals surface area contributed by atoms with Gasteiger partial charge in [-0.2, -0.15) is 0 Å². The van der Waals surface area contributed by atoms with E-state index < -0.39 is 0 Å². The molecule has 1 saturated heterocycles. The molecule has 3 rings (SSSR count). The Morgan fingerprint density at radius 2 is 2.00 bits per heavy atom. The van der Waals surface area contributed by atoms with Crippen LogP contribution >= 0.6 is 0 Å². The molecule has 1 aromatic carbocycles. The molecular formula is C15H21NO2. The maximum Gasteiger partial charge on any atom is 0.164 e. The first-order valence-electron chi connectivity index (χ1n) is 6.85. The number of hydrogen-bond donors (Lipinski definition) is 1. The third-order valence-corrected chi connectivity index (χ3v) is 4.13. The number of hydrogen-bond acceptors (Lipinski definition) is 3. The largest absolute Gasteiger partial charge is 0.490 e. The molecule has 0 saturated carbocycles. The van der Waals surface area contributed by atoms with E-state index in [9.17, 15) is 0 Å². The molecule has 1 aromatic rings. The van der Waals surface area contributed by atoms with Crippen LogP contribution in [0.25, 0.3) is 0 Å². The molecule has 3 nitrogen and oxygen atoms in total. The predicted octanol–water partition coefficient (Wildman–Crippen LogP) is 2.75. The van der Waals surface area contributed by atoms with Gasteiger partial charge in [-0.25, -0.2) is 0 Å². The van der Waals surface area contributed by atoms with Crippen molar-refractivity contribution in [3.8, 4) is 11.5 Å². The van der Waals surface area contributed by atoms with E-state index in [1.165, 1.54) is 24.0 Å². The fraction of sp³-hybridized carbons (Fsp3) is 0.600. The van der Waals surface area contributed by atoms with E-state index in [1.54, 1.807) is 0 Å². The Kier molecular flexibility index (Phi) is 2.94. The zero-order valence-electron chi connectivity index (χ0n) is 11.2. The summed E-state index contributed by atoms with van der Waals surface area (Å²) in [6.45, 7) is 7.04. The van der Waals surface area contributed by atoms with Crippen molar-refractivity contribution < 1.29 is 9.47 Å². The second kappa shape index (κ2) is 4.47. The molecule has 3 heteroatoms. The molecular weight excluding hydrogens is 226 g/mol. The van der Waals surface area contributed by atoms with Crippen LogP contribution in [0.15, 0.2) is 12.1 Å². The number of fused-ring (bicyclic) bond motifs is 1. The van der Waals surface area contributed by atoms with Crippen LogP contribution in [-0.2, 0) is 5.54 Å². The SMILES string of the molecule is Cc1c(C2(C)CCCN2)ccc2c1OCCCO2. The Morgan fingerprint density at radius 3 is 2.78 bits per heavy atom. The van der Waals surface area contributed by atoms with Crippen LogP contribution in [0.2, 0.25) is 0 Å². The van der Waals surface area contributed by atoms with Crippen LogP contribution in [0.4, 0.5) is 0 Å². The first-order chi connectivity index (χ1) is 8.71. The second-order valence-corrected chi connectivity index (χ2v) is 5.48. The molecule has 1 fully saturated rings. The quantitative estimate of drug-likeness (QED) is 0.827. The lowest BCUT2D eigenvalue weighted by atomic mass is 9.87. The summed E-state index contributed by atoms with van der Waals surface area (Å²) in [6, 6.07) is 4.26. The van der Waals surface area contributed by atoms with Crippen molar-refractivity contribution in [1.29, 1.82) is 0 Å². The van der Waals surface area contributed by atoms with Gasteiger partial charge in [0.25, 0.3) is 0 Å². The zero-order valence-corrected chi connectivity index (χ0v) is 11.2. The van der Waals surface area contributed by atoms with Crippen LogP contribution in [0.3, 0.4) is 0 Å². The van der Waals surface area contributed by atoms with Crippen molar-refractivity contribution in [1.82, 2.24) is 5.32 Å². The number of benzene rings is 1. The number of nitrogens with one attached hydrogen (secondary N) is 1. The van der Waals surface area contributed by atoms with Gasteiger partial charge in [0.2, 0.25) is 0 Å². The van der Waals surface area contributed by atoms with Crippen molar-refractivity contribution in [3.05, 3.63) is 23.3 Å². The van der Waals surface area contributed by atoms with E-state index in [0.717, 1.165) is 37.7 Å². The summed E-state index contributed by atoms with van der Waals surface area (Å²) in [7, 11) is 0. The highest BCUT2D eigenvalue weighted by Crippen LogP contribution is 2.41. The van der Waals surface area contributed by atoms with Gasteiger partial charge in [0.05, 0.1) is 13.2 Å². The molecule has 98 valence electrons. The Hall–Kier alpha value is -1.22. The van der Waals surface area contributed by atoms with Crippen molar-refractivity contribution in [2.24, 2.45) is 0 Å². The van der Waals surface area contributed by atoms with Gasteiger partial charge >= 0.3 is 0 Å². The molecule has 0 spiro atoms. The van der Waals surface area contributed by atoms with E-state index in [0.29, 0.717) is 0 Å². The standard InChI is InChI=1S/C15H21NO2/c1-11-12(15(2)7-3-8-16-15)5-6-13-14(11)18-10-4-9-17-13/h5-6,16H,3-4,7-10H2,1-2H3.